The average Bonchev–Trinajstić information content (AvgIpc) is 2.63. The minimum absolute atomic E-state index is 0.0588. The first-order valence-electron chi connectivity index (χ1n) is 5.94. The minimum atomic E-state index is -0.622. The van der Waals surface area contributed by atoms with Gasteiger partial charge < -0.3 is 10.4 Å². The number of aliphatic hydroxyl groups excluding tert-OH is 1. The van der Waals surface area contributed by atoms with Crippen molar-refractivity contribution in [1.29, 1.82) is 0 Å². The predicted molar refractivity (Wildman–Crippen MR) is 77.6 cm³/mol. The van der Waals surface area contributed by atoms with Crippen molar-refractivity contribution in [2.24, 2.45) is 0 Å². The van der Waals surface area contributed by atoms with E-state index < -0.39 is 6.23 Å². The van der Waals surface area contributed by atoms with Crippen molar-refractivity contribution in [2.75, 3.05) is 4.90 Å². The highest BCUT2D eigenvalue weighted by atomic mass is 32.1. The van der Waals surface area contributed by atoms with Gasteiger partial charge in [-0.3, -0.25) is 4.90 Å². The Hall–Kier alpha value is -1.65. The van der Waals surface area contributed by atoms with Gasteiger partial charge in [0, 0.05) is 5.39 Å². The summed E-state index contributed by atoms with van der Waals surface area (Å²) >= 11 is 5.29. The van der Waals surface area contributed by atoms with E-state index in [4.69, 9.17) is 12.2 Å². The molecule has 3 nitrogen and oxygen atoms in total. The van der Waals surface area contributed by atoms with Gasteiger partial charge in [0.15, 0.2) is 11.3 Å². The van der Waals surface area contributed by atoms with E-state index in [2.05, 4.69) is 17.4 Å². The fourth-order valence-corrected chi connectivity index (χ4v) is 2.75. The molecule has 1 aliphatic heterocycles. The number of thiocarbonyl (C=S) groups is 1. The number of nitrogens with zero attached hydrogens (tertiary/aromatic N) is 1. The summed E-state index contributed by atoms with van der Waals surface area (Å²) in [5.74, 6) is 0. The molecule has 92 valence electrons. The van der Waals surface area contributed by atoms with Crippen LogP contribution in [0.2, 0.25) is 0 Å². The summed E-state index contributed by atoms with van der Waals surface area (Å²) in [4.78, 5) is 1.78. The van der Waals surface area contributed by atoms with E-state index in [9.17, 15) is 5.11 Å². The molecule has 4 heteroatoms. The van der Waals surface area contributed by atoms with Crippen LogP contribution >= 0.6 is 12.2 Å². The number of aliphatic hydroxyl groups is 1. The molecular formula is C14H14N2OS. The molecular weight excluding hydrogens is 244 g/mol. The van der Waals surface area contributed by atoms with Crippen LogP contribution in [0.4, 0.5) is 5.69 Å². The van der Waals surface area contributed by atoms with Crippen LogP contribution in [-0.2, 0) is 0 Å². The minimum Gasteiger partial charge on any atom is -0.371 e. The van der Waals surface area contributed by atoms with Crippen LogP contribution in [0, 0.1) is 0 Å². The van der Waals surface area contributed by atoms with Gasteiger partial charge in [0.1, 0.15) is 0 Å². The first kappa shape index (κ1) is 11.4. The SMILES string of the molecule is C[C@H]1NC(=S)N(c2cccc3ccccc23)[C@@H]1O. The summed E-state index contributed by atoms with van der Waals surface area (Å²) in [7, 11) is 0. The van der Waals surface area contributed by atoms with Gasteiger partial charge in [-0.2, -0.15) is 0 Å². The zero-order valence-electron chi connectivity index (χ0n) is 10.00. The Morgan fingerprint density at radius 3 is 2.61 bits per heavy atom. The van der Waals surface area contributed by atoms with E-state index >= 15 is 0 Å². The van der Waals surface area contributed by atoms with Crippen molar-refractivity contribution >= 4 is 33.8 Å². The second-order valence-electron chi connectivity index (χ2n) is 4.52. The maximum Gasteiger partial charge on any atom is 0.176 e. The summed E-state index contributed by atoms with van der Waals surface area (Å²) in [6, 6.07) is 14.1. The Balaban J connectivity index is 2.17. The molecule has 1 aliphatic rings. The smallest absolute Gasteiger partial charge is 0.176 e. The Morgan fingerprint density at radius 2 is 1.89 bits per heavy atom. The lowest BCUT2D eigenvalue weighted by atomic mass is 10.1. The Morgan fingerprint density at radius 1 is 1.17 bits per heavy atom. The molecule has 2 aromatic carbocycles. The van der Waals surface area contributed by atoms with E-state index in [1.165, 1.54) is 0 Å². The van der Waals surface area contributed by atoms with E-state index in [0.717, 1.165) is 16.5 Å². The topological polar surface area (TPSA) is 35.5 Å². The second kappa shape index (κ2) is 4.23. The maximum absolute atomic E-state index is 10.2. The first-order chi connectivity index (χ1) is 8.68. The van der Waals surface area contributed by atoms with Crippen molar-refractivity contribution < 1.29 is 5.11 Å². The third-order valence-electron chi connectivity index (χ3n) is 3.31. The number of rotatable bonds is 1. The fraction of sp³-hybridized carbons (Fsp3) is 0.214. The second-order valence-corrected chi connectivity index (χ2v) is 4.91. The molecule has 1 saturated heterocycles. The molecule has 0 spiro atoms. The van der Waals surface area contributed by atoms with Crippen LogP contribution in [0.15, 0.2) is 42.5 Å². The van der Waals surface area contributed by atoms with Gasteiger partial charge in [-0.25, -0.2) is 0 Å². The van der Waals surface area contributed by atoms with Gasteiger partial charge in [0.05, 0.1) is 11.7 Å². The number of hydrogen-bond donors (Lipinski definition) is 2. The molecule has 0 unspecified atom stereocenters. The number of nitrogens with one attached hydrogen (secondary N) is 1. The molecule has 0 aliphatic carbocycles. The average molecular weight is 258 g/mol. The van der Waals surface area contributed by atoms with Gasteiger partial charge in [-0.1, -0.05) is 36.4 Å². The summed E-state index contributed by atoms with van der Waals surface area (Å²) < 4.78 is 0. The third-order valence-corrected chi connectivity index (χ3v) is 3.62. The molecule has 18 heavy (non-hydrogen) atoms. The van der Waals surface area contributed by atoms with E-state index in [1.807, 2.05) is 37.3 Å². The Bertz CT molecular complexity index is 608. The molecule has 2 atom stereocenters. The summed E-state index contributed by atoms with van der Waals surface area (Å²) in [5, 5.41) is 16.1. The Kier molecular flexibility index (Phi) is 2.69. The van der Waals surface area contributed by atoms with Crippen LogP contribution < -0.4 is 10.2 Å². The summed E-state index contributed by atoms with van der Waals surface area (Å²) in [5.41, 5.74) is 0.947. The molecule has 2 N–H and O–H groups in total. The lowest BCUT2D eigenvalue weighted by Crippen LogP contribution is -2.35. The third kappa shape index (κ3) is 1.65. The predicted octanol–water partition coefficient (Wildman–Crippen LogP) is 2.24. The highest BCUT2D eigenvalue weighted by Gasteiger charge is 2.34. The first-order valence-corrected chi connectivity index (χ1v) is 6.35. The molecule has 2 aromatic rings. The molecule has 0 radical (unpaired) electrons. The molecule has 3 rings (SSSR count). The highest BCUT2D eigenvalue weighted by molar-refractivity contribution is 7.80. The summed E-state index contributed by atoms with van der Waals surface area (Å²) in [6.07, 6.45) is -0.622. The lowest BCUT2D eigenvalue weighted by Gasteiger charge is -2.23. The van der Waals surface area contributed by atoms with Gasteiger partial charge in [-0.15, -0.1) is 0 Å². The van der Waals surface area contributed by atoms with Crippen LogP contribution in [-0.4, -0.2) is 22.5 Å². The molecule has 1 heterocycles. The largest absolute Gasteiger partial charge is 0.371 e. The van der Waals surface area contributed by atoms with Gasteiger partial charge in [0.2, 0.25) is 0 Å². The van der Waals surface area contributed by atoms with Crippen molar-refractivity contribution in [2.45, 2.75) is 19.2 Å². The van der Waals surface area contributed by atoms with Crippen molar-refractivity contribution in [3.63, 3.8) is 0 Å². The molecule has 1 fully saturated rings. The standard InChI is InChI=1S/C14H14N2OS/c1-9-13(17)16(14(18)15-9)12-8-4-6-10-5-2-3-7-11(10)12/h2-9,13,17H,1H3,(H,15,18)/t9-,13-/m1/s1. The van der Waals surface area contributed by atoms with Crippen molar-refractivity contribution in [1.82, 2.24) is 5.32 Å². The maximum atomic E-state index is 10.2. The molecule has 0 amide bonds. The number of benzene rings is 2. The van der Waals surface area contributed by atoms with Crippen LogP contribution in [0.5, 0.6) is 0 Å². The van der Waals surface area contributed by atoms with Crippen molar-refractivity contribution in [3.05, 3.63) is 42.5 Å². The normalized spacial score (nSPS) is 23.4. The van der Waals surface area contributed by atoms with E-state index in [-0.39, 0.29) is 6.04 Å². The summed E-state index contributed by atoms with van der Waals surface area (Å²) in [6.45, 7) is 1.92. The highest BCUT2D eigenvalue weighted by Crippen LogP contribution is 2.30. The van der Waals surface area contributed by atoms with Crippen LogP contribution in [0.25, 0.3) is 10.8 Å². The molecule has 0 bridgehead atoms. The molecule has 0 saturated carbocycles. The van der Waals surface area contributed by atoms with Gasteiger partial charge >= 0.3 is 0 Å². The van der Waals surface area contributed by atoms with Crippen molar-refractivity contribution in [3.8, 4) is 0 Å². The lowest BCUT2D eigenvalue weighted by molar-refractivity contribution is 0.169. The van der Waals surface area contributed by atoms with Gasteiger partial charge in [-0.05, 0) is 30.6 Å². The van der Waals surface area contributed by atoms with E-state index in [0.29, 0.717) is 5.11 Å². The van der Waals surface area contributed by atoms with Gasteiger partial charge in [0.25, 0.3) is 0 Å². The number of fused-ring (bicyclic) bond motifs is 1. The van der Waals surface area contributed by atoms with Crippen LogP contribution in [0.1, 0.15) is 6.92 Å². The number of hydrogen-bond acceptors (Lipinski definition) is 2. The monoisotopic (exact) mass is 258 g/mol. The fourth-order valence-electron chi connectivity index (χ4n) is 2.35. The quantitative estimate of drug-likeness (QED) is 0.769. The zero-order chi connectivity index (χ0) is 12.7. The zero-order valence-corrected chi connectivity index (χ0v) is 10.8. The van der Waals surface area contributed by atoms with E-state index in [1.54, 1.807) is 4.90 Å². The molecule has 0 aromatic heterocycles. The van der Waals surface area contributed by atoms with Crippen LogP contribution in [0.3, 0.4) is 0 Å². The Labute approximate surface area is 111 Å². The number of anilines is 1.